The Balaban J connectivity index is 2.77. The van der Waals surface area contributed by atoms with Gasteiger partial charge in [0, 0.05) is 10.5 Å². The normalized spacial score (nSPS) is 12.9. The maximum atomic E-state index is 12.9. The van der Waals surface area contributed by atoms with E-state index >= 15 is 0 Å². The van der Waals surface area contributed by atoms with Gasteiger partial charge in [-0.25, -0.2) is 4.39 Å². The van der Waals surface area contributed by atoms with Crippen molar-refractivity contribution in [3.63, 3.8) is 0 Å². The molecule has 1 aromatic carbocycles. The van der Waals surface area contributed by atoms with Crippen LogP contribution in [0, 0.1) is 5.82 Å². The summed E-state index contributed by atoms with van der Waals surface area (Å²) >= 11 is 3.23. The zero-order valence-electron chi connectivity index (χ0n) is 7.35. The SMILES string of the molecule is CC(Cc1cc(F)cc(Br)c1)NN. The Hall–Kier alpha value is -0.450. The van der Waals surface area contributed by atoms with E-state index in [9.17, 15) is 4.39 Å². The number of halogens is 2. The molecule has 72 valence electrons. The number of hydrogen-bond donors (Lipinski definition) is 2. The zero-order valence-corrected chi connectivity index (χ0v) is 8.94. The highest BCUT2D eigenvalue weighted by Gasteiger charge is 2.03. The summed E-state index contributed by atoms with van der Waals surface area (Å²) in [6, 6.07) is 4.98. The molecule has 0 saturated heterocycles. The summed E-state index contributed by atoms with van der Waals surface area (Å²) < 4.78 is 13.7. The van der Waals surface area contributed by atoms with Gasteiger partial charge in [-0.3, -0.25) is 11.3 Å². The lowest BCUT2D eigenvalue weighted by Crippen LogP contribution is -2.34. The predicted octanol–water partition coefficient (Wildman–Crippen LogP) is 1.98. The number of hydrazine groups is 1. The van der Waals surface area contributed by atoms with Crippen LogP contribution in [-0.2, 0) is 6.42 Å². The number of hydrogen-bond acceptors (Lipinski definition) is 2. The summed E-state index contributed by atoms with van der Waals surface area (Å²) in [5.41, 5.74) is 3.54. The Bertz CT molecular complexity index is 271. The fourth-order valence-corrected chi connectivity index (χ4v) is 1.65. The van der Waals surface area contributed by atoms with Crippen LogP contribution in [-0.4, -0.2) is 6.04 Å². The Kier molecular flexibility index (Phi) is 3.84. The van der Waals surface area contributed by atoms with Crippen LogP contribution in [0.1, 0.15) is 12.5 Å². The molecular weight excluding hydrogens is 235 g/mol. The molecular formula is C9H12BrFN2. The van der Waals surface area contributed by atoms with Gasteiger partial charge in [-0.1, -0.05) is 15.9 Å². The number of nitrogens with one attached hydrogen (secondary N) is 1. The maximum Gasteiger partial charge on any atom is 0.124 e. The van der Waals surface area contributed by atoms with Gasteiger partial charge in [0.15, 0.2) is 0 Å². The summed E-state index contributed by atoms with van der Waals surface area (Å²) in [5.74, 6) is 5.01. The topological polar surface area (TPSA) is 38.0 Å². The van der Waals surface area contributed by atoms with Crippen molar-refractivity contribution >= 4 is 15.9 Å². The third-order valence-electron chi connectivity index (χ3n) is 1.75. The Morgan fingerprint density at radius 3 is 2.77 bits per heavy atom. The van der Waals surface area contributed by atoms with Crippen molar-refractivity contribution in [2.45, 2.75) is 19.4 Å². The third kappa shape index (κ3) is 3.42. The van der Waals surface area contributed by atoms with Crippen LogP contribution in [0.25, 0.3) is 0 Å². The maximum absolute atomic E-state index is 12.9. The highest BCUT2D eigenvalue weighted by atomic mass is 79.9. The van der Waals surface area contributed by atoms with E-state index in [1.165, 1.54) is 12.1 Å². The monoisotopic (exact) mass is 246 g/mol. The quantitative estimate of drug-likeness (QED) is 0.633. The fraction of sp³-hybridized carbons (Fsp3) is 0.333. The highest BCUT2D eigenvalue weighted by molar-refractivity contribution is 9.10. The third-order valence-corrected chi connectivity index (χ3v) is 2.21. The lowest BCUT2D eigenvalue weighted by atomic mass is 10.1. The molecule has 0 spiro atoms. The van der Waals surface area contributed by atoms with Crippen molar-refractivity contribution < 1.29 is 4.39 Å². The van der Waals surface area contributed by atoms with Crippen LogP contribution < -0.4 is 11.3 Å². The molecule has 2 nitrogen and oxygen atoms in total. The summed E-state index contributed by atoms with van der Waals surface area (Å²) in [5, 5.41) is 0. The minimum Gasteiger partial charge on any atom is -0.271 e. The second-order valence-corrected chi connectivity index (χ2v) is 3.97. The van der Waals surface area contributed by atoms with Gasteiger partial charge in [-0.2, -0.15) is 0 Å². The molecule has 0 aromatic heterocycles. The van der Waals surface area contributed by atoms with E-state index in [0.29, 0.717) is 6.42 Å². The molecule has 0 fully saturated rings. The molecule has 0 bridgehead atoms. The van der Waals surface area contributed by atoms with Crippen LogP contribution >= 0.6 is 15.9 Å². The molecule has 0 radical (unpaired) electrons. The number of nitrogens with two attached hydrogens (primary N) is 1. The summed E-state index contributed by atoms with van der Waals surface area (Å²) in [7, 11) is 0. The average molecular weight is 247 g/mol. The van der Waals surface area contributed by atoms with Crippen molar-refractivity contribution in [3.8, 4) is 0 Å². The van der Waals surface area contributed by atoms with Crippen LogP contribution in [0.5, 0.6) is 0 Å². The van der Waals surface area contributed by atoms with Gasteiger partial charge in [-0.05, 0) is 37.1 Å². The van der Waals surface area contributed by atoms with Gasteiger partial charge >= 0.3 is 0 Å². The number of rotatable bonds is 3. The molecule has 1 atom stereocenters. The largest absolute Gasteiger partial charge is 0.271 e. The lowest BCUT2D eigenvalue weighted by Gasteiger charge is -2.09. The fourth-order valence-electron chi connectivity index (χ4n) is 1.14. The second kappa shape index (κ2) is 4.69. The number of benzene rings is 1. The molecule has 0 amide bonds. The first-order valence-electron chi connectivity index (χ1n) is 4.03. The van der Waals surface area contributed by atoms with E-state index in [4.69, 9.17) is 5.84 Å². The van der Waals surface area contributed by atoms with E-state index in [2.05, 4.69) is 21.4 Å². The van der Waals surface area contributed by atoms with Crippen LogP contribution in [0.15, 0.2) is 22.7 Å². The van der Waals surface area contributed by atoms with Crippen molar-refractivity contribution in [2.75, 3.05) is 0 Å². The zero-order chi connectivity index (χ0) is 9.84. The molecule has 13 heavy (non-hydrogen) atoms. The van der Waals surface area contributed by atoms with Crippen molar-refractivity contribution in [1.29, 1.82) is 0 Å². The minimum atomic E-state index is -0.228. The lowest BCUT2D eigenvalue weighted by molar-refractivity contribution is 0.563. The molecule has 3 N–H and O–H groups in total. The molecule has 1 rings (SSSR count). The average Bonchev–Trinajstić information content (AvgIpc) is 2.02. The van der Waals surface area contributed by atoms with E-state index < -0.39 is 0 Å². The Labute approximate surface area is 85.4 Å². The predicted molar refractivity (Wildman–Crippen MR) is 54.6 cm³/mol. The molecule has 1 unspecified atom stereocenters. The molecule has 0 aliphatic rings. The van der Waals surface area contributed by atoms with Crippen molar-refractivity contribution in [2.24, 2.45) is 5.84 Å². The first kappa shape index (κ1) is 10.6. The molecule has 0 aliphatic heterocycles. The standard InChI is InChI=1S/C9H12BrFN2/c1-6(13-12)2-7-3-8(10)5-9(11)4-7/h3-6,13H,2,12H2,1H3. The molecule has 4 heteroatoms. The van der Waals surface area contributed by atoms with E-state index in [1.54, 1.807) is 0 Å². The Morgan fingerprint density at radius 1 is 1.54 bits per heavy atom. The first-order valence-corrected chi connectivity index (χ1v) is 4.82. The summed E-state index contributed by atoms with van der Waals surface area (Å²) in [4.78, 5) is 0. The van der Waals surface area contributed by atoms with Gasteiger partial charge < -0.3 is 0 Å². The van der Waals surface area contributed by atoms with Gasteiger partial charge in [0.2, 0.25) is 0 Å². The van der Waals surface area contributed by atoms with Crippen LogP contribution in [0.3, 0.4) is 0 Å². The second-order valence-electron chi connectivity index (χ2n) is 3.05. The van der Waals surface area contributed by atoms with Crippen molar-refractivity contribution in [1.82, 2.24) is 5.43 Å². The smallest absolute Gasteiger partial charge is 0.124 e. The van der Waals surface area contributed by atoms with E-state index in [-0.39, 0.29) is 11.9 Å². The first-order chi connectivity index (χ1) is 6.11. The molecule has 0 saturated carbocycles. The van der Waals surface area contributed by atoms with Gasteiger partial charge in [-0.15, -0.1) is 0 Å². The molecule has 1 aromatic rings. The molecule has 0 heterocycles. The van der Waals surface area contributed by atoms with Gasteiger partial charge in [0.05, 0.1) is 0 Å². The van der Waals surface area contributed by atoms with E-state index in [0.717, 1.165) is 10.0 Å². The van der Waals surface area contributed by atoms with Crippen molar-refractivity contribution in [3.05, 3.63) is 34.1 Å². The summed E-state index contributed by atoms with van der Waals surface area (Å²) in [6.07, 6.45) is 0.715. The van der Waals surface area contributed by atoms with Crippen LogP contribution in [0.4, 0.5) is 4.39 Å². The minimum absolute atomic E-state index is 0.147. The van der Waals surface area contributed by atoms with Crippen LogP contribution in [0.2, 0.25) is 0 Å². The van der Waals surface area contributed by atoms with Gasteiger partial charge in [0.25, 0.3) is 0 Å². The van der Waals surface area contributed by atoms with E-state index in [1.807, 2.05) is 13.0 Å². The van der Waals surface area contributed by atoms with Gasteiger partial charge in [0.1, 0.15) is 5.82 Å². The Morgan fingerprint density at radius 2 is 2.23 bits per heavy atom. The molecule has 0 aliphatic carbocycles. The summed E-state index contributed by atoms with van der Waals surface area (Å²) in [6.45, 7) is 1.94. The highest BCUT2D eigenvalue weighted by Crippen LogP contribution is 2.15.